The summed E-state index contributed by atoms with van der Waals surface area (Å²) in [7, 11) is 1.98. The van der Waals surface area contributed by atoms with Gasteiger partial charge in [-0.2, -0.15) is 10.1 Å². The van der Waals surface area contributed by atoms with Gasteiger partial charge in [0.1, 0.15) is 5.82 Å². The molecule has 4 heterocycles. The maximum Gasteiger partial charge on any atom is 0.259 e. The summed E-state index contributed by atoms with van der Waals surface area (Å²) in [5, 5.41) is 11.9. The Labute approximate surface area is 157 Å². The zero-order valence-electron chi connectivity index (χ0n) is 16.0. The van der Waals surface area contributed by atoms with E-state index in [0.717, 1.165) is 24.5 Å². The molecule has 8 heteroatoms. The van der Waals surface area contributed by atoms with E-state index in [4.69, 9.17) is 0 Å². The van der Waals surface area contributed by atoms with E-state index in [1.54, 1.807) is 18.3 Å². The molecule has 140 valence electrons. The lowest BCUT2D eigenvalue weighted by Gasteiger charge is -2.27. The minimum absolute atomic E-state index is 0.249. The Morgan fingerprint density at radius 3 is 2.78 bits per heavy atom. The number of nitrogens with one attached hydrogen (secondary N) is 1. The third kappa shape index (κ3) is 3.11. The number of rotatable bonds is 3. The zero-order chi connectivity index (χ0) is 19.1. The first-order valence-electron chi connectivity index (χ1n) is 9.10. The second-order valence-corrected chi connectivity index (χ2v) is 7.21. The molecule has 3 aromatic heterocycles. The van der Waals surface area contributed by atoms with Crippen LogP contribution in [-0.2, 0) is 13.6 Å². The number of carbonyl (C=O) groups excluding carboxylic acids is 1. The molecule has 3 aromatic rings. The molecule has 2 atom stereocenters. The Hall–Kier alpha value is -3.03. The predicted molar refractivity (Wildman–Crippen MR) is 101 cm³/mol. The Bertz CT molecular complexity index is 989. The molecule has 1 N–H and O–H groups in total. The van der Waals surface area contributed by atoms with E-state index in [-0.39, 0.29) is 11.8 Å². The van der Waals surface area contributed by atoms with E-state index in [1.807, 2.05) is 16.4 Å². The van der Waals surface area contributed by atoms with Gasteiger partial charge in [0.15, 0.2) is 0 Å². The molecule has 0 saturated carbocycles. The molecule has 0 fully saturated rings. The van der Waals surface area contributed by atoms with Crippen LogP contribution in [0.3, 0.4) is 0 Å². The van der Waals surface area contributed by atoms with Gasteiger partial charge in [-0.1, -0.05) is 6.92 Å². The molecule has 0 aromatic carbocycles. The Morgan fingerprint density at radius 1 is 1.30 bits per heavy atom. The van der Waals surface area contributed by atoms with Crippen molar-refractivity contribution in [1.82, 2.24) is 29.5 Å². The van der Waals surface area contributed by atoms with Crippen molar-refractivity contribution in [2.75, 3.05) is 5.32 Å². The lowest BCUT2D eigenvalue weighted by atomic mass is 9.85. The highest BCUT2D eigenvalue weighted by Gasteiger charge is 2.31. The fourth-order valence-corrected chi connectivity index (χ4v) is 3.98. The summed E-state index contributed by atoms with van der Waals surface area (Å²) < 4.78 is 3.86. The summed E-state index contributed by atoms with van der Waals surface area (Å²) in [6.07, 6.45) is 4.15. The van der Waals surface area contributed by atoms with Crippen LogP contribution >= 0.6 is 0 Å². The Morgan fingerprint density at radius 2 is 2.11 bits per heavy atom. The fourth-order valence-electron chi connectivity index (χ4n) is 3.98. The van der Waals surface area contributed by atoms with Crippen molar-refractivity contribution in [3.05, 3.63) is 52.9 Å². The SMILES string of the molecule is Cc1nn(C)c(C)c1C1CC(C)c2nc(NC(=O)c3cccnc3)nn2C1. The van der Waals surface area contributed by atoms with Gasteiger partial charge in [-0.05, 0) is 32.4 Å². The highest BCUT2D eigenvalue weighted by atomic mass is 16.1. The number of fused-ring (bicyclic) bond motifs is 1. The van der Waals surface area contributed by atoms with E-state index >= 15 is 0 Å². The molecular weight excluding hydrogens is 342 g/mol. The van der Waals surface area contributed by atoms with Gasteiger partial charge in [-0.3, -0.25) is 19.8 Å². The van der Waals surface area contributed by atoms with Crippen molar-refractivity contribution in [3.63, 3.8) is 0 Å². The van der Waals surface area contributed by atoms with Crippen molar-refractivity contribution in [2.45, 2.75) is 45.6 Å². The quantitative estimate of drug-likeness (QED) is 0.770. The molecule has 1 aliphatic heterocycles. The average Bonchev–Trinajstić information content (AvgIpc) is 3.16. The number of hydrogen-bond donors (Lipinski definition) is 1. The maximum atomic E-state index is 12.3. The fraction of sp³-hybridized carbons (Fsp3) is 0.421. The monoisotopic (exact) mass is 365 g/mol. The lowest BCUT2D eigenvalue weighted by molar-refractivity contribution is 0.102. The number of pyridine rings is 1. The number of nitrogens with zero attached hydrogens (tertiary/aromatic N) is 6. The molecular formula is C19H23N7O. The highest BCUT2D eigenvalue weighted by molar-refractivity contribution is 6.03. The largest absolute Gasteiger partial charge is 0.289 e. The predicted octanol–water partition coefficient (Wildman–Crippen LogP) is 2.57. The molecule has 8 nitrogen and oxygen atoms in total. The van der Waals surface area contributed by atoms with Crippen LogP contribution in [0, 0.1) is 13.8 Å². The summed E-state index contributed by atoms with van der Waals surface area (Å²) in [5.74, 6) is 1.58. The standard InChI is InChI=1S/C19H23N7O/c1-11-8-15(16-12(2)23-25(4)13(16)3)10-26-17(11)21-19(24-26)22-18(27)14-6-5-7-20-9-14/h5-7,9,11,15H,8,10H2,1-4H3,(H,22,24,27). The van der Waals surface area contributed by atoms with E-state index in [2.05, 4.69) is 46.3 Å². The first kappa shape index (κ1) is 17.4. The molecule has 0 bridgehead atoms. The van der Waals surface area contributed by atoms with Gasteiger partial charge in [-0.25, -0.2) is 4.68 Å². The number of hydrogen-bond acceptors (Lipinski definition) is 5. The number of carbonyl (C=O) groups is 1. The Balaban J connectivity index is 1.58. The number of anilines is 1. The van der Waals surface area contributed by atoms with E-state index in [1.165, 1.54) is 17.5 Å². The van der Waals surface area contributed by atoms with Crippen molar-refractivity contribution in [3.8, 4) is 0 Å². The molecule has 0 saturated heterocycles. The first-order valence-corrected chi connectivity index (χ1v) is 9.10. The number of aromatic nitrogens is 6. The van der Waals surface area contributed by atoms with Crippen LogP contribution in [0.25, 0.3) is 0 Å². The third-order valence-corrected chi connectivity index (χ3v) is 5.29. The van der Waals surface area contributed by atoms with Crippen LogP contribution in [0.1, 0.15) is 58.3 Å². The van der Waals surface area contributed by atoms with Crippen LogP contribution in [0.15, 0.2) is 24.5 Å². The van der Waals surface area contributed by atoms with Crippen molar-refractivity contribution >= 4 is 11.9 Å². The molecule has 1 amide bonds. The van der Waals surface area contributed by atoms with Crippen LogP contribution in [0.4, 0.5) is 5.95 Å². The second-order valence-electron chi connectivity index (χ2n) is 7.21. The molecule has 0 aliphatic carbocycles. The summed E-state index contributed by atoms with van der Waals surface area (Å²) in [4.78, 5) is 20.9. The molecule has 27 heavy (non-hydrogen) atoms. The van der Waals surface area contributed by atoms with Gasteiger partial charge in [0.05, 0.1) is 17.8 Å². The molecule has 0 radical (unpaired) electrons. The molecule has 2 unspecified atom stereocenters. The van der Waals surface area contributed by atoms with E-state index in [0.29, 0.717) is 17.4 Å². The Kier molecular flexibility index (Phi) is 4.25. The van der Waals surface area contributed by atoms with Crippen LogP contribution in [0.5, 0.6) is 0 Å². The van der Waals surface area contributed by atoms with Crippen LogP contribution in [0.2, 0.25) is 0 Å². The smallest absolute Gasteiger partial charge is 0.259 e. The highest BCUT2D eigenvalue weighted by Crippen LogP contribution is 2.37. The minimum atomic E-state index is -0.255. The number of aryl methyl sites for hydroxylation is 2. The first-order chi connectivity index (χ1) is 12.9. The minimum Gasteiger partial charge on any atom is -0.289 e. The van der Waals surface area contributed by atoms with Crippen molar-refractivity contribution in [2.24, 2.45) is 7.05 Å². The summed E-state index contributed by atoms with van der Waals surface area (Å²) in [6, 6.07) is 3.44. The van der Waals surface area contributed by atoms with Crippen molar-refractivity contribution < 1.29 is 4.79 Å². The van der Waals surface area contributed by atoms with Crippen LogP contribution in [-0.4, -0.2) is 35.4 Å². The number of amides is 1. The van der Waals surface area contributed by atoms with E-state index in [9.17, 15) is 4.79 Å². The second kappa shape index (κ2) is 6.61. The topological polar surface area (TPSA) is 90.5 Å². The van der Waals surface area contributed by atoms with Gasteiger partial charge in [0.2, 0.25) is 5.95 Å². The molecule has 1 aliphatic rings. The lowest BCUT2D eigenvalue weighted by Crippen LogP contribution is -2.23. The van der Waals surface area contributed by atoms with Gasteiger partial charge >= 0.3 is 0 Å². The van der Waals surface area contributed by atoms with Gasteiger partial charge in [-0.15, -0.1) is 5.10 Å². The maximum absolute atomic E-state index is 12.3. The normalized spacial score (nSPS) is 19.0. The molecule has 4 rings (SSSR count). The summed E-state index contributed by atoms with van der Waals surface area (Å²) in [6.45, 7) is 7.06. The van der Waals surface area contributed by atoms with Gasteiger partial charge in [0.25, 0.3) is 5.91 Å². The zero-order valence-corrected chi connectivity index (χ0v) is 16.0. The van der Waals surface area contributed by atoms with Gasteiger partial charge in [0, 0.05) is 42.5 Å². The summed E-state index contributed by atoms with van der Waals surface area (Å²) in [5.41, 5.74) is 4.04. The summed E-state index contributed by atoms with van der Waals surface area (Å²) >= 11 is 0. The molecule has 0 spiro atoms. The van der Waals surface area contributed by atoms with Gasteiger partial charge < -0.3 is 0 Å². The van der Waals surface area contributed by atoms with E-state index < -0.39 is 0 Å². The van der Waals surface area contributed by atoms with Crippen molar-refractivity contribution in [1.29, 1.82) is 0 Å². The average molecular weight is 365 g/mol. The third-order valence-electron chi connectivity index (χ3n) is 5.29. The van der Waals surface area contributed by atoms with Crippen LogP contribution < -0.4 is 5.32 Å².